The second-order valence-electron chi connectivity index (χ2n) is 6.70. The van der Waals surface area contributed by atoms with Crippen LogP contribution in [0.1, 0.15) is 51.9 Å². The summed E-state index contributed by atoms with van der Waals surface area (Å²) in [6.07, 6.45) is 8.92. The van der Waals surface area contributed by atoms with E-state index in [4.69, 9.17) is 0 Å². The molecule has 0 atom stereocenters. The van der Waals surface area contributed by atoms with E-state index in [9.17, 15) is 4.79 Å². The topological polar surface area (TPSA) is 35.6 Å². The van der Waals surface area contributed by atoms with E-state index in [0.717, 1.165) is 19.0 Å². The lowest BCUT2D eigenvalue weighted by Gasteiger charge is -2.34. The van der Waals surface area contributed by atoms with E-state index in [1.807, 2.05) is 6.92 Å². The van der Waals surface area contributed by atoms with Crippen molar-refractivity contribution in [2.75, 3.05) is 45.8 Å². The van der Waals surface area contributed by atoms with Crippen LogP contribution in [0.25, 0.3) is 0 Å². The molecule has 2 heterocycles. The minimum absolute atomic E-state index is 0.198. The molecular weight excluding hydrogens is 262 g/mol. The lowest BCUT2D eigenvalue weighted by molar-refractivity contribution is -0.121. The Morgan fingerprint density at radius 3 is 2.29 bits per heavy atom. The van der Waals surface area contributed by atoms with Crippen molar-refractivity contribution < 1.29 is 4.79 Å². The monoisotopic (exact) mass is 295 g/mol. The first-order valence-corrected chi connectivity index (χ1v) is 8.99. The molecule has 1 amide bonds. The second kappa shape index (κ2) is 9.42. The smallest absolute Gasteiger partial charge is 0.221 e. The lowest BCUT2D eigenvalue weighted by atomic mass is 9.96. The molecule has 0 aliphatic carbocycles. The number of hydrogen-bond donors (Lipinski definition) is 1. The van der Waals surface area contributed by atoms with Crippen molar-refractivity contribution in [3.05, 3.63) is 0 Å². The third kappa shape index (κ3) is 6.35. The van der Waals surface area contributed by atoms with Crippen LogP contribution in [0.5, 0.6) is 0 Å². The van der Waals surface area contributed by atoms with Gasteiger partial charge in [0.05, 0.1) is 0 Å². The second-order valence-corrected chi connectivity index (χ2v) is 6.70. The molecular formula is C17H33N3O. The zero-order chi connectivity index (χ0) is 14.9. The Hall–Kier alpha value is -0.610. The van der Waals surface area contributed by atoms with Crippen LogP contribution in [0.15, 0.2) is 0 Å². The van der Waals surface area contributed by atoms with E-state index >= 15 is 0 Å². The van der Waals surface area contributed by atoms with Crippen LogP contribution in [0, 0.1) is 5.92 Å². The highest BCUT2D eigenvalue weighted by Crippen LogP contribution is 2.20. The zero-order valence-corrected chi connectivity index (χ0v) is 13.8. The Labute approximate surface area is 130 Å². The van der Waals surface area contributed by atoms with Crippen molar-refractivity contribution >= 4 is 5.91 Å². The quantitative estimate of drug-likeness (QED) is 0.815. The molecule has 0 spiro atoms. The molecule has 0 unspecified atom stereocenters. The number of carbonyl (C=O) groups is 1. The summed E-state index contributed by atoms with van der Waals surface area (Å²) in [5.74, 6) is 1.08. The van der Waals surface area contributed by atoms with Crippen molar-refractivity contribution in [2.45, 2.75) is 51.9 Å². The van der Waals surface area contributed by atoms with Crippen LogP contribution in [-0.2, 0) is 4.79 Å². The van der Waals surface area contributed by atoms with E-state index in [-0.39, 0.29) is 5.91 Å². The van der Waals surface area contributed by atoms with Crippen LogP contribution in [0.4, 0.5) is 0 Å². The van der Waals surface area contributed by atoms with Crippen molar-refractivity contribution in [3.8, 4) is 0 Å². The largest absolute Gasteiger partial charge is 0.356 e. The van der Waals surface area contributed by atoms with Crippen molar-refractivity contribution in [1.82, 2.24) is 15.1 Å². The Morgan fingerprint density at radius 2 is 1.67 bits per heavy atom. The maximum absolute atomic E-state index is 11.5. The van der Waals surface area contributed by atoms with Crippen LogP contribution in [0.2, 0.25) is 0 Å². The highest BCUT2D eigenvalue weighted by Gasteiger charge is 2.22. The molecule has 0 bridgehead atoms. The summed E-state index contributed by atoms with van der Waals surface area (Å²) in [5, 5.41) is 2.88. The van der Waals surface area contributed by atoms with Crippen LogP contribution >= 0.6 is 0 Å². The number of amides is 1. The van der Waals surface area contributed by atoms with E-state index in [1.165, 1.54) is 71.2 Å². The molecule has 4 nitrogen and oxygen atoms in total. The molecule has 2 saturated heterocycles. The summed E-state index contributed by atoms with van der Waals surface area (Å²) in [5.41, 5.74) is 0. The standard InChI is InChI=1S/C17H33N3O/c1-2-18-17(21)9-14-19-12-7-16(8-13-19)15-20-10-5-3-4-6-11-20/h16H,2-15H2,1H3,(H,18,21). The van der Waals surface area contributed by atoms with Crippen LogP contribution < -0.4 is 5.32 Å². The van der Waals surface area contributed by atoms with Gasteiger partial charge < -0.3 is 15.1 Å². The predicted octanol–water partition coefficient (Wildman–Crippen LogP) is 2.10. The number of carbonyl (C=O) groups excluding carboxylic acids is 1. The maximum atomic E-state index is 11.5. The first-order valence-electron chi connectivity index (χ1n) is 8.99. The van der Waals surface area contributed by atoms with Gasteiger partial charge in [0, 0.05) is 26.1 Å². The summed E-state index contributed by atoms with van der Waals surface area (Å²) < 4.78 is 0. The Balaban J connectivity index is 1.60. The molecule has 4 heteroatoms. The molecule has 0 saturated carbocycles. The fourth-order valence-electron chi connectivity index (χ4n) is 3.62. The molecule has 2 fully saturated rings. The fraction of sp³-hybridized carbons (Fsp3) is 0.941. The number of rotatable bonds is 6. The average molecular weight is 295 g/mol. The Kier molecular flexibility index (Phi) is 7.51. The molecule has 0 radical (unpaired) electrons. The third-order valence-electron chi connectivity index (χ3n) is 4.95. The maximum Gasteiger partial charge on any atom is 0.221 e. The number of piperidine rings is 1. The van der Waals surface area contributed by atoms with Gasteiger partial charge in [-0.2, -0.15) is 0 Å². The highest BCUT2D eigenvalue weighted by atomic mass is 16.1. The SMILES string of the molecule is CCNC(=O)CCN1CCC(CN2CCCCCC2)CC1. The van der Waals surface area contributed by atoms with Crippen molar-refractivity contribution in [1.29, 1.82) is 0 Å². The summed E-state index contributed by atoms with van der Waals surface area (Å²) in [4.78, 5) is 16.7. The average Bonchev–Trinajstić information content (AvgIpc) is 2.76. The van der Waals surface area contributed by atoms with Gasteiger partial charge in [0.1, 0.15) is 0 Å². The van der Waals surface area contributed by atoms with Gasteiger partial charge in [0.15, 0.2) is 0 Å². The molecule has 0 aromatic carbocycles. The minimum atomic E-state index is 0.198. The van der Waals surface area contributed by atoms with Gasteiger partial charge in [-0.25, -0.2) is 0 Å². The number of likely N-dealkylation sites (tertiary alicyclic amines) is 2. The molecule has 0 aromatic heterocycles. The van der Waals surface area contributed by atoms with Gasteiger partial charge in [-0.05, 0) is 64.7 Å². The lowest BCUT2D eigenvalue weighted by Crippen LogP contribution is -2.40. The van der Waals surface area contributed by atoms with Crippen LogP contribution in [0.3, 0.4) is 0 Å². The number of nitrogens with zero attached hydrogens (tertiary/aromatic N) is 2. The summed E-state index contributed by atoms with van der Waals surface area (Å²) >= 11 is 0. The molecule has 1 N–H and O–H groups in total. The summed E-state index contributed by atoms with van der Waals surface area (Å²) in [7, 11) is 0. The van der Waals surface area contributed by atoms with Gasteiger partial charge in [0.25, 0.3) is 0 Å². The van der Waals surface area contributed by atoms with Gasteiger partial charge >= 0.3 is 0 Å². The van der Waals surface area contributed by atoms with Crippen LogP contribution in [-0.4, -0.2) is 61.5 Å². The normalized spacial score (nSPS) is 22.9. The zero-order valence-electron chi connectivity index (χ0n) is 13.8. The van der Waals surface area contributed by atoms with Gasteiger partial charge in [-0.15, -0.1) is 0 Å². The molecule has 122 valence electrons. The fourth-order valence-corrected chi connectivity index (χ4v) is 3.62. The first-order chi connectivity index (χ1) is 10.3. The molecule has 0 aromatic rings. The highest BCUT2D eigenvalue weighted by molar-refractivity contribution is 5.75. The van der Waals surface area contributed by atoms with Gasteiger partial charge in [-0.1, -0.05) is 12.8 Å². The summed E-state index contributed by atoms with van der Waals surface area (Å²) in [6.45, 7) is 9.96. The number of nitrogens with one attached hydrogen (secondary N) is 1. The van der Waals surface area contributed by atoms with E-state index in [2.05, 4.69) is 15.1 Å². The van der Waals surface area contributed by atoms with E-state index in [1.54, 1.807) is 0 Å². The van der Waals surface area contributed by atoms with Crippen molar-refractivity contribution in [3.63, 3.8) is 0 Å². The van der Waals surface area contributed by atoms with E-state index in [0.29, 0.717) is 6.42 Å². The van der Waals surface area contributed by atoms with Gasteiger partial charge in [0.2, 0.25) is 5.91 Å². The molecule has 2 aliphatic rings. The minimum Gasteiger partial charge on any atom is -0.356 e. The number of hydrogen-bond acceptors (Lipinski definition) is 3. The predicted molar refractivity (Wildman–Crippen MR) is 87.4 cm³/mol. The third-order valence-corrected chi connectivity index (χ3v) is 4.95. The van der Waals surface area contributed by atoms with Gasteiger partial charge in [-0.3, -0.25) is 4.79 Å². The molecule has 2 rings (SSSR count). The molecule has 2 aliphatic heterocycles. The molecule has 21 heavy (non-hydrogen) atoms. The Bertz CT molecular complexity index is 292. The Morgan fingerprint density at radius 1 is 1.00 bits per heavy atom. The summed E-state index contributed by atoms with van der Waals surface area (Å²) in [6, 6.07) is 0. The van der Waals surface area contributed by atoms with E-state index < -0.39 is 0 Å². The first kappa shape index (κ1) is 16.8. The van der Waals surface area contributed by atoms with Crippen molar-refractivity contribution in [2.24, 2.45) is 5.92 Å².